The molecule has 0 spiro atoms. The molecule has 1 rings (SSSR count). The number of rotatable bonds is 10. The molecule has 0 unspecified atom stereocenters. The Bertz CT molecular complexity index is 836. The Morgan fingerprint density at radius 1 is 0.912 bits per heavy atom. The second kappa shape index (κ2) is 13.2. The zero-order chi connectivity index (χ0) is 26.0. The van der Waals surface area contributed by atoms with Gasteiger partial charge in [-0.05, 0) is 6.08 Å². The fourth-order valence-electron chi connectivity index (χ4n) is 3.23. The van der Waals surface area contributed by atoms with Crippen molar-refractivity contribution >= 4 is 35.8 Å². The predicted molar refractivity (Wildman–Crippen MR) is 110 cm³/mol. The number of hydrogen-bond donors (Lipinski definition) is 1. The Morgan fingerprint density at radius 2 is 1.50 bits per heavy atom. The molecule has 5 atom stereocenters. The van der Waals surface area contributed by atoms with Gasteiger partial charge in [0.2, 0.25) is 11.7 Å². The first-order valence-corrected chi connectivity index (χ1v) is 10.2. The maximum Gasteiger partial charge on any atom is 0.372 e. The highest BCUT2D eigenvalue weighted by Crippen LogP contribution is 2.30. The summed E-state index contributed by atoms with van der Waals surface area (Å²) in [6.45, 7) is 4.86. The highest BCUT2D eigenvalue weighted by atomic mass is 16.6. The Labute approximate surface area is 196 Å². The topological polar surface area (TPSA) is 170 Å². The molecule has 0 saturated carbocycles. The zero-order valence-electron chi connectivity index (χ0n) is 19.8. The number of ether oxygens (including phenoxy) is 6. The molecule has 1 N–H and O–H groups in total. The molecule has 1 aliphatic heterocycles. The number of carbonyl (C=O) groups is 6. The SMILES string of the molecule is COC(=O)C1=C[C@H](COC(C)=O)[C@@H](NC(C)=O)[C@H]([C@H](OC(C)=O)[C@@H](COC(C)=O)OC(C)=O)O1. The van der Waals surface area contributed by atoms with Crippen LogP contribution in [0.15, 0.2) is 11.8 Å². The Hall–Kier alpha value is -3.64. The molecule has 0 aromatic heterocycles. The summed E-state index contributed by atoms with van der Waals surface area (Å²) in [6, 6.07) is -1.04. The molecule has 1 aliphatic rings. The summed E-state index contributed by atoms with van der Waals surface area (Å²) in [5.41, 5.74) is 0. The van der Waals surface area contributed by atoms with E-state index in [0.29, 0.717) is 0 Å². The van der Waals surface area contributed by atoms with Crippen molar-refractivity contribution in [3.8, 4) is 0 Å². The highest BCUT2D eigenvalue weighted by molar-refractivity contribution is 5.86. The minimum atomic E-state index is -1.47. The summed E-state index contributed by atoms with van der Waals surface area (Å²) in [5.74, 6) is -5.52. The van der Waals surface area contributed by atoms with Crippen LogP contribution >= 0.6 is 0 Å². The number of nitrogens with one attached hydrogen (secondary N) is 1. The van der Waals surface area contributed by atoms with Crippen LogP contribution in [-0.4, -0.2) is 80.4 Å². The Balaban J connectivity index is 3.57. The second-order valence-electron chi connectivity index (χ2n) is 7.32. The molecule has 0 aromatic rings. The Kier molecular flexibility index (Phi) is 11.0. The van der Waals surface area contributed by atoms with E-state index in [2.05, 4.69) is 5.32 Å². The van der Waals surface area contributed by atoms with Gasteiger partial charge in [-0.25, -0.2) is 4.79 Å². The quantitative estimate of drug-likeness (QED) is 0.311. The molecule has 0 radical (unpaired) electrons. The van der Waals surface area contributed by atoms with E-state index in [0.717, 1.165) is 27.9 Å². The molecule has 0 aromatic carbocycles. The molecular weight excluding hydrogens is 458 g/mol. The van der Waals surface area contributed by atoms with Gasteiger partial charge in [-0.3, -0.25) is 24.0 Å². The molecule has 0 bridgehead atoms. The van der Waals surface area contributed by atoms with Crippen LogP contribution in [0.5, 0.6) is 0 Å². The summed E-state index contributed by atoms with van der Waals surface area (Å²) < 4.78 is 31.0. The van der Waals surface area contributed by atoms with Gasteiger partial charge in [0.1, 0.15) is 6.61 Å². The average molecular weight is 487 g/mol. The maximum atomic E-state index is 12.3. The van der Waals surface area contributed by atoms with E-state index >= 15 is 0 Å². The van der Waals surface area contributed by atoms with Crippen molar-refractivity contribution in [1.29, 1.82) is 0 Å². The number of amides is 1. The number of carbonyl (C=O) groups excluding carboxylic acids is 6. The predicted octanol–water partition coefficient (Wildman–Crippen LogP) is -0.447. The van der Waals surface area contributed by atoms with E-state index in [9.17, 15) is 28.8 Å². The third-order valence-corrected chi connectivity index (χ3v) is 4.44. The average Bonchev–Trinajstić information content (AvgIpc) is 2.72. The summed E-state index contributed by atoms with van der Waals surface area (Å²) in [6.07, 6.45) is -2.90. The van der Waals surface area contributed by atoms with E-state index in [1.807, 2.05) is 0 Å². The van der Waals surface area contributed by atoms with Crippen LogP contribution in [0.1, 0.15) is 34.6 Å². The first-order chi connectivity index (χ1) is 15.8. The van der Waals surface area contributed by atoms with Gasteiger partial charge in [0.25, 0.3) is 0 Å². The van der Waals surface area contributed by atoms with E-state index in [1.165, 1.54) is 19.9 Å². The lowest BCUT2D eigenvalue weighted by Crippen LogP contribution is -2.60. The van der Waals surface area contributed by atoms with Crippen LogP contribution in [0.3, 0.4) is 0 Å². The van der Waals surface area contributed by atoms with Crippen molar-refractivity contribution in [3.63, 3.8) is 0 Å². The number of methoxy groups -OCH3 is 1. The van der Waals surface area contributed by atoms with Gasteiger partial charge in [-0.2, -0.15) is 0 Å². The summed E-state index contributed by atoms with van der Waals surface area (Å²) >= 11 is 0. The van der Waals surface area contributed by atoms with Crippen LogP contribution < -0.4 is 5.32 Å². The molecule has 1 amide bonds. The summed E-state index contributed by atoms with van der Waals surface area (Å²) in [5, 5.41) is 2.62. The third-order valence-electron chi connectivity index (χ3n) is 4.44. The lowest BCUT2D eigenvalue weighted by Gasteiger charge is -2.41. The maximum absolute atomic E-state index is 12.3. The lowest BCUT2D eigenvalue weighted by atomic mass is 9.87. The van der Waals surface area contributed by atoms with E-state index < -0.39 is 72.6 Å². The first kappa shape index (κ1) is 28.4. The smallest absolute Gasteiger partial charge is 0.372 e. The zero-order valence-corrected chi connectivity index (χ0v) is 19.8. The fraction of sp³-hybridized carbons (Fsp3) is 0.619. The van der Waals surface area contributed by atoms with Crippen molar-refractivity contribution in [2.75, 3.05) is 20.3 Å². The van der Waals surface area contributed by atoms with Gasteiger partial charge in [-0.15, -0.1) is 0 Å². The van der Waals surface area contributed by atoms with Crippen molar-refractivity contribution in [2.24, 2.45) is 5.92 Å². The summed E-state index contributed by atoms with van der Waals surface area (Å²) in [4.78, 5) is 70.7. The Morgan fingerprint density at radius 3 is 1.97 bits per heavy atom. The number of hydrogen-bond acceptors (Lipinski definition) is 12. The van der Waals surface area contributed by atoms with Gasteiger partial charge in [-0.1, -0.05) is 0 Å². The van der Waals surface area contributed by atoms with Gasteiger partial charge >= 0.3 is 29.8 Å². The van der Waals surface area contributed by atoms with Crippen LogP contribution in [0.2, 0.25) is 0 Å². The van der Waals surface area contributed by atoms with Crippen LogP contribution in [0.4, 0.5) is 0 Å². The monoisotopic (exact) mass is 487 g/mol. The minimum absolute atomic E-state index is 0.282. The molecule has 190 valence electrons. The van der Waals surface area contributed by atoms with Crippen molar-refractivity contribution in [3.05, 3.63) is 11.8 Å². The fourth-order valence-corrected chi connectivity index (χ4v) is 3.23. The van der Waals surface area contributed by atoms with Crippen LogP contribution in [0.25, 0.3) is 0 Å². The molecular formula is C21H29NO12. The summed E-state index contributed by atoms with van der Waals surface area (Å²) in [7, 11) is 1.11. The van der Waals surface area contributed by atoms with Crippen molar-refractivity contribution in [1.82, 2.24) is 5.32 Å². The van der Waals surface area contributed by atoms with E-state index in [4.69, 9.17) is 28.4 Å². The highest BCUT2D eigenvalue weighted by Gasteiger charge is 2.48. The second-order valence-corrected chi connectivity index (χ2v) is 7.32. The molecule has 0 fully saturated rings. The lowest BCUT2D eigenvalue weighted by molar-refractivity contribution is -0.189. The minimum Gasteiger partial charge on any atom is -0.477 e. The molecule has 13 nitrogen and oxygen atoms in total. The van der Waals surface area contributed by atoms with Crippen LogP contribution in [-0.2, 0) is 57.2 Å². The molecule has 13 heteroatoms. The van der Waals surface area contributed by atoms with E-state index in [-0.39, 0.29) is 12.4 Å². The largest absolute Gasteiger partial charge is 0.477 e. The first-order valence-electron chi connectivity index (χ1n) is 10.2. The van der Waals surface area contributed by atoms with Crippen molar-refractivity contribution < 1.29 is 57.2 Å². The van der Waals surface area contributed by atoms with Gasteiger partial charge in [0.15, 0.2) is 18.3 Å². The van der Waals surface area contributed by atoms with E-state index in [1.54, 1.807) is 0 Å². The molecule has 0 saturated heterocycles. The number of esters is 5. The molecule has 34 heavy (non-hydrogen) atoms. The van der Waals surface area contributed by atoms with Crippen molar-refractivity contribution in [2.45, 2.75) is 59.0 Å². The van der Waals surface area contributed by atoms with Gasteiger partial charge < -0.3 is 33.7 Å². The van der Waals surface area contributed by atoms with Crippen LogP contribution in [0, 0.1) is 5.92 Å². The normalized spacial score (nSPS) is 20.9. The van der Waals surface area contributed by atoms with Gasteiger partial charge in [0.05, 0.1) is 19.8 Å². The molecule has 0 aliphatic carbocycles. The third kappa shape index (κ3) is 9.08. The molecule has 1 heterocycles. The van der Waals surface area contributed by atoms with Gasteiger partial charge in [0, 0.05) is 40.5 Å². The standard InChI is InChI=1S/C21H29NO12/c1-10(23)22-18-15(8-30-11(2)24)7-16(21(28)29-6)34-20(18)19(33-14(5)27)17(32-13(4)26)9-31-12(3)25/h7,15,17-20H,8-9H2,1-6H3,(H,22,23)/t15-,17-,18-,19-,20-/m1/s1.